The summed E-state index contributed by atoms with van der Waals surface area (Å²) in [5.41, 5.74) is 0. The van der Waals surface area contributed by atoms with E-state index in [-0.39, 0.29) is 37.6 Å². The molecule has 0 spiro atoms. The van der Waals surface area contributed by atoms with Crippen LogP contribution in [0.25, 0.3) is 0 Å². The Labute approximate surface area is 69.8 Å². The fourth-order valence-electron chi connectivity index (χ4n) is 0. The van der Waals surface area contributed by atoms with Crippen molar-refractivity contribution in [3.8, 4) is 0 Å². The Morgan fingerprint density at radius 3 is 1.50 bits per heavy atom. The first-order valence-electron chi connectivity index (χ1n) is 0.114. The summed E-state index contributed by atoms with van der Waals surface area (Å²) >= 11 is 5.87. The van der Waals surface area contributed by atoms with E-state index in [9.17, 15) is 0 Å². The average molecular weight is 229 g/mol. The molecule has 0 fully saturated rings. The normalized spacial score (nSPS) is 1.75. The molecule has 0 rings (SSSR count). The summed E-state index contributed by atoms with van der Waals surface area (Å²) in [7, 11) is 0. The van der Waals surface area contributed by atoms with Gasteiger partial charge in [0.2, 0.25) is 0 Å². The van der Waals surface area contributed by atoms with Crippen LogP contribution in [0.4, 0.5) is 0 Å². The van der Waals surface area contributed by atoms with Crippen LogP contribution in [-0.2, 0) is 12.8 Å². The molecule has 0 aliphatic rings. The molecule has 28 valence electrons. The fraction of sp³-hybridized carbons (Fsp3) is 0. The SMILES string of the molecule is [AlH3].[Cu][I].[H-].[LiH]. The maximum absolute atomic E-state index is 4.16. The summed E-state index contributed by atoms with van der Waals surface area (Å²) in [6.07, 6.45) is 0. The zero-order chi connectivity index (χ0) is 2.00. The van der Waals surface area contributed by atoms with Crippen LogP contribution in [0.15, 0.2) is 0 Å². The Balaban J connectivity index is -0.00000000167. The molecule has 0 amide bonds. The summed E-state index contributed by atoms with van der Waals surface area (Å²) in [5, 5.41) is 0. The third-order valence-electron chi connectivity index (χ3n) is 0. The Morgan fingerprint density at radius 1 is 1.50 bits per heavy atom. The molecule has 4 heavy (non-hydrogen) atoms. The van der Waals surface area contributed by atoms with Gasteiger partial charge in [0.05, 0.1) is 0 Å². The van der Waals surface area contributed by atoms with Crippen molar-refractivity contribution < 1.29 is 14.2 Å². The van der Waals surface area contributed by atoms with Crippen molar-refractivity contribution in [1.29, 1.82) is 0 Å². The summed E-state index contributed by atoms with van der Waals surface area (Å²) in [6, 6.07) is 0. The first-order chi connectivity index (χ1) is 1.00. The summed E-state index contributed by atoms with van der Waals surface area (Å²) in [4.78, 5) is 0. The van der Waals surface area contributed by atoms with Crippen LogP contribution in [0, 0.1) is 0 Å². The molecule has 0 aliphatic heterocycles. The Bertz CT molecular complexity index is 11.6. The predicted molar refractivity (Wildman–Crippen MR) is 32.2 cm³/mol. The van der Waals surface area contributed by atoms with E-state index in [4.69, 9.17) is 0 Å². The van der Waals surface area contributed by atoms with Crippen molar-refractivity contribution in [2.45, 2.75) is 0 Å². The van der Waals surface area contributed by atoms with Gasteiger partial charge in [-0.2, -0.15) is 0 Å². The van der Waals surface area contributed by atoms with E-state index in [1.807, 2.05) is 0 Å². The van der Waals surface area contributed by atoms with Crippen molar-refractivity contribution in [1.82, 2.24) is 0 Å². The second-order valence-corrected chi connectivity index (χ2v) is 0. The van der Waals surface area contributed by atoms with E-state index in [0.717, 1.165) is 0 Å². The maximum atomic E-state index is 4.16. The van der Waals surface area contributed by atoms with Crippen LogP contribution in [0.2, 0.25) is 0 Å². The number of rotatable bonds is 0. The van der Waals surface area contributed by atoms with E-state index >= 15 is 0 Å². The van der Waals surface area contributed by atoms with Gasteiger partial charge in [-0.05, 0) is 0 Å². The van der Waals surface area contributed by atoms with E-state index in [1.165, 1.54) is 0 Å². The summed E-state index contributed by atoms with van der Waals surface area (Å²) < 4.78 is 0. The van der Waals surface area contributed by atoms with Gasteiger partial charge < -0.3 is 1.43 Å². The van der Waals surface area contributed by atoms with Crippen LogP contribution in [0.5, 0.6) is 0 Å². The van der Waals surface area contributed by atoms with Crippen LogP contribution in [0.3, 0.4) is 0 Å². The molecule has 0 atom stereocenters. The first-order valence-corrected chi connectivity index (χ1v) is 3.15. The molecule has 0 radical (unpaired) electrons. The van der Waals surface area contributed by atoms with Crippen LogP contribution in [-0.4, -0.2) is 36.2 Å². The van der Waals surface area contributed by atoms with Crippen LogP contribution < -0.4 is 0 Å². The van der Waals surface area contributed by atoms with Crippen molar-refractivity contribution in [3.05, 3.63) is 0 Å². The van der Waals surface area contributed by atoms with Gasteiger partial charge in [0.1, 0.15) is 0 Å². The third-order valence-corrected chi connectivity index (χ3v) is 0. The van der Waals surface area contributed by atoms with E-state index < -0.39 is 0 Å². The van der Waals surface area contributed by atoms with E-state index in [2.05, 4.69) is 12.8 Å². The van der Waals surface area contributed by atoms with Crippen LogP contribution in [0.1, 0.15) is 1.43 Å². The quantitative estimate of drug-likeness (QED) is 0.375. The topological polar surface area (TPSA) is 0 Å². The molecular formula is H5AlCuILi-. The van der Waals surface area contributed by atoms with Crippen molar-refractivity contribution in [2.75, 3.05) is 0 Å². The van der Waals surface area contributed by atoms with Gasteiger partial charge in [-0.1, -0.05) is 0 Å². The Kier molecular flexibility index (Phi) is 73.6. The minimum absolute atomic E-state index is 0. The van der Waals surface area contributed by atoms with Gasteiger partial charge in [0, 0.05) is 0 Å². The van der Waals surface area contributed by atoms with E-state index in [1.54, 1.807) is 20.3 Å². The number of halogens is 1. The standard InChI is InChI=1S/Al.Cu.HI.Li.5H/h;;1H;;;;;;/q;+1;;;;;;;-1/p-1. The second kappa shape index (κ2) is 18.2. The van der Waals surface area contributed by atoms with Crippen LogP contribution >= 0.6 is 20.3 Å². The number of hydrogen-bond acceptors (Lipinski definition) is 0. The van der Waals surface area contributed by atoms with E-state index in [0.29, 0.717) is 0 Å². The molecule has 0 aliphatic carbocycles. The summed E-state index contributed by atoms with van der Waals surface area (Å²) in [5.74, 6) is 0. The zero-order valence-corrected chi connectivity index (χ0v) is 3.78. The van der Waals surface area contributed by atoms with Gasteiger partial charge in [0.25, 0.3) is 0 Å². The van der Waals surface area contributed by atoms with Gasteiger partial charge in [-0.15, -0.1) is 0 Å². The molecule has 0 aromatic rings. The zero-order valence-electron chi connectivity index (χ0n) is 1.68. The molecule has 0 nitrogen and oxygen atoms in total. The molecule has 0 heterocycles. The third kappa shape index (κ3) is 8.83. The van der Waals surface area contributed by atoms with Gasteiger partial charge >= 0.3 is 52.0 Å². The Hall–Kier alpha value is 2.38. The van der Waals surface area contributed by atoms with Crippen molar-refractivity contribution >= 4 is 56.6 Å². The minimum atomic E-state index is 0. The van der Waals surface area contributed by atoms with Gasteiger partial charge in [-0.25, -0.2) is 0 Å². The van der Waals surface area contributed by atoms with Gasteiger partial charge in [-0.3, -0.25) is 0 Å². The average Bonchev–Trinajstić information content (AvgIpc) is 1.00. The van der Waals surface area contributed by atoms with Gasteiger partial charge in [0.15, 0.2) is 17.4 Å². The molecular weight excluding hydrogens is 224 g/mol. The molecule has 0 N–H and O–H groups in total. The van der Waals surface area contributed by atoms with Crippen molar-refractivity contribution in [3.63, 3.8) is 0 Å². The molecule has 0 saturated carbocycles. The monoisotopic (exact) mass is 229 g/mol. The molecule has 0 aromatic heterocycles. The number of hydrogen-bond donors (Lipinski definition) is 0. The summed E-state index contributed by atoms with van der Waals surface area (Å²) in [6.45, 7) is 0. The Morgan fingerprint density at radius 2 is 1.50 bits per heavy atom. The first kappa shape index (κ1) is 16.2. The second-order valence-electron chi connectivity index (χ2n) is 0. The molecule has 0 aromatic carbocycles. The molecule has 0 unspecified atom stereocenters. The molecule has 0 saturated heterocycles. The molecule has 4 heteroatoms. The van der Waals surface area contributed by atoms with Crippen molar-refractivity contribution in [2.24, 2.45) is 0 Å². The fourth-order valence-corrected chi connectivity index (χ4v) is 0. The predicted octanol–water partition coefficient (Wildman–Crippen LogP) is -0.837. The molecule has 0 bridgehead atoms.